The minimum Gasteiger partial charge on any atom is -0.490 e. The van der Waals surface area contributed by atoms with E-state index in [0.29, 0.717) is 17.3 Å². The molecule has 9 nitrogen and oxygen atoms in total. The molecule has 1 unspecified atom stereocenters. The van der Waals surface area contributed by atoms with Gasteiger partial charge in [0.25, 0.3) is 5.89 Å². The van der Waals surface area contributed by atoms with Gasteiger partial charge in [-0.05, 0) is 13.1 Å². The van der Waals surface area contributed by atoms with Crippen LogP contribution in [0.1, 0.15) is 11.9 Å². The zero-order chi connectivity index (χ0) is 16.4. The molecule has 130 valence electrons. The van der Waals surface area contributed by atoms with E-state index in [1.54, 1.807) is 6.07 Å². The van der Waals surface area contributed by atoms with E-state index in [9.17, 15) is 10.1 Å². The molecule has 1 N–H and O–H groups in total. The number of hydrogen-bond acceptors (Lipinski definition) is 8. The van der Waals surface area contributed by atoms with Crippen LogP contribution in [0.3, 0.4) is 0 Å². The standard InChI is InChI=1S/C14H17N5O4.ClH/c1-18-6-5-15-8-11(18)13-16-14(23-17-13)9-3-4-10(19(20)21)12(7-9)22-2;/h3-4,7,11,15H,5-6,8H2,1-2H3;1H. The number of aromatic nitrogens is 2. The third-order valence-corrected chi connectivity index (χ3v) is 3.87. The Kier molecular flexibility index (Phi) is 5.71. The van der Waals surface area contributed by atoms with Gasteiger partial charge in [0.1, 0.15) is 0 Å². The molecule has 0 spiro atoms. The Balaban J connectivity index is 0.00000208. The average Bonchev–Trinajstić information content (AvgIpc) is 3.04. The second kappa shape index (κ2) is 7.56. The molecule has 0 radical (unpaired) electrons. The highest BCUT2D eigenvalue weighted by molar-refractivity contribution is 5.85. The lowest BCUT2D eigenvalue weighted by Crippen LogP contribution is -2.44. The summed E-state index contributed by atoms with van der Waals surface area (Å²) in [5, 5.41) is 18.3. The number of nitro benzene ring substituents is 1. The average molecular weight is 356 g/mol. The van der Waals surface area contributed by atoms with Crippen LogP contribution >= 0.6 is 12.4 Å². The van der Waals surface area contributed by atoms with Crippen molar-refractivity contribution in [1.82, 2.24) is 20.4 Å². The quantitative estimate of drug-likeness (QED) is 0.651. The summed E-state index contributed by atoms with van der Waals surface area (Å²) < 4.78 is 10.4. The maximum atomic E-state index is 10.9. The van der Waals surface area contributed by atoms with Crippen LogP contribution in [0, 0.1) is 10.1 Å². The molecule has 1 atom stereocenters. The molecule has 0 saturated carbocycles. The summed E-state index contributed by atoms with van der Waals surface area (Å²) in [7, 11) is 3.39. The van der Waals surface area contributed by atoms with Crippen molar-refractivity contribution >= 4 is 18.1 Å². The van der Waals surface area contributed by atoms with Gasteiger partial charge in [-0.1, -0.05) is 5.16 Å². The maximum absolute atomic E-state index is 10.9. The van der Waals surface area contributed by atoms with Crippen molar-refractivity contribution in [1.29, 1.82) is 0 Å². The largest absolute Gasteiger partial charge is 0.490 e. The number of halogens is 1. The summed E-state index contributed by atoms with van der Waals surface area (Å²) in [5.74, 6) is 1.06. The topological polar surface area (TPSA) is 107 Å². The SMILES string of the molecule is COc1cc(-c2nc(C3CNCCN3C)no2)ccc1[N+](=O)[O-].Cl. The molecule has 3 rings (SSSR count). The van der Waals surface area contributed by atoms with Crippen LogP contribution in [0.25, 0.3) is 11.5 Å². The van der Waals surface area contributed by atoms with Gasteiger partial charge in [-0.15, -0.1) is 12.4 Å². The highest BCUT2D eigenvalue weighted by Gasteiger charge is 2.26. The molecule has 1 aliphatic rings. The molecule has 2 heterocycles. The molecule has 2 aromatic rings. The van der Waals surface area contributed by atoms with E-state index in [4.69, 9.17) is 9.26 Å². The Morgan fingerprint density at radius 1 is 1.50 bits per heavy atom. The Hall–Kier alpha value is -2.23. The molecule has 24 heavy (non-hydrogen) atoms. The van der Waals surface area contributed by atoms with Gasteiger partial charge in [0.15, 0.2) is 11.6 Å². The number of nitro groups is 1. The van der Waals surface area contributed by atoms with Crippen molar-refractivity contribution < 1.29 is 14.2 Å². The summed E-state index contributed by atoms with van der Waals surface area (Å²) in [4.78, 5) is 17.0. The van der Waals surface area contributed by atoms with Gasteiger partial charge in [-0.2, -0.15) is 4.98 Å². The zero-order valence-electron chi connectivity index (χ0n) is 13.3. The minimum absolute atomic E-state index is 0. The summed E-state index contributed by atoms with van der Waals surface area (Å²) >= 11 is 0. The number of rotatable bonds is 4. The molecule has 10 heteroatoms. The van der Waals surface area contributed by atoms with Crippen molar-refractivity contribution in [2.45, 2.75) is 6.04 Å². The second-order valence-electron chi connectivity index (χ2n) is 5.30. The predicted octanol–water partition coefficient (Wildman–Crippen LogP) is 1.65. The van der Waals surface area contributed by atoms with E-state index >= 15 is 0 Å². The normalized spacial score (nSPS) is 18.0. The molecule has 1 fully saturated rings. The molecule has 1 aromatic heterocycles. The van der Waals surface area contributed by atoms with E-state index in [2.05, 4.69) is 20.4 Å². The van der Waals surface area contributed by atoms with Crippen LogP contribution < -0.4 is 10.1 Å². The first-order chi connectivity index (χ1) is 11.1. The highest BCUT2D eigenvalue weighted by Crippen LogP contribution is 2.32. The van der Waals surface area contributed by atoms with E-state index < -0.39 is 4.92 Å². The number of piperazine rings is 1. The van der Waals surface area contributed by atoms with Gasteiger partial charge in [-0.3, -0.25) is 15.0 Å². The fourth-order valence-corrected chi connectivity index (χ4v) is 2.54. The van der Waals surface area contributed by atoms with Crippen LogP contribution in [0.2, 0.25) is 0 Å². The first-order valence-corrected chi connectivity index (χ1v) is 7.17. The van der Waals surface area contributed by atoms with Gasteiger partial charge in [-0.25, -0.2) is 0 Å². The fourth-order valence-electron chi connectivity index (χ4n) is 2.54. The molecule has 1 saturated heterocycles. The summed E-state index contributed by atoms with van der Waals surface area (Å²) in [6, 6.07) is 4.51. The number of nitrogens with one attached hydrogen (secondary N) is 1. The molecule has 0 bridgehead atoms. The number of nitrogens with zero attached hydrogens (tertiary/aromatic N) is 4. The molecule has 0 aliphatic carbocycles. The Bertz CT molecular complexity index is 723. The monoisotopic (exact) mass is 355 g/mol. The summed E-state index contributed by atoms with van der Waals surface area (Å²) in [6.07, 6.45) is 0. The zero-order valence-corrected chi connectivity index (χ0v) is 14.1. The van der Waals surface area contributed by atoms with Crippen LogP contribution in [0.5, 0.6) is 5.75 Å². The second-order valence-corrected chi connectivity index (χ2v) is 5.30. The molecular weight excluding hydrogens is 338 g/mol. The van der Waals surface area contributed by atoms with Crippen LogP contribution in [0.4, 0.5) is 5.69 Å². The van der Waals surface area contributed by atoms with Gasteiger partial charge in [0, 0.05) is 37.3 Å². The highest BCUT2D eigenvalue weighted by atomic mass is 35.5. The lowest BCUT2D eigenvalue weighted by Gasteiger charge is -2.30. The van der Waals surface area contributed by atoms with Gasteiger partial charge in [0.2, 0.25) is 0 Å². The third kappa shape index (κ3) is 3.48. The van der Waals surface area contributed by atoms with E-state index in [-0.39, 0.29) is 29.9 Å². The minimum atomic E-state index is -0.496. The summed E-state index contributed by atoms with van der Waals surface area (Å²) in [5.41, 5.74) is 0.477. The van der Waals surface area contributed by atoms with Crippen LogP contribution in [-0.2, 0) is 0 Å². The van der Waals surface area contributed by atoms with E-state index in [0.717, 1.165) is 19.6 Å². The Morgan fingerprint density at radius 3 is 2.96 bits per heavy atom. The van der Waals surface area contributed by atoms with Gasteiger partial charge >= 0.3 is 5.69 Å². The fraction of sp³-hybridized carbons (Fsp3) is 0.429. The van der Waals surface area contributed by atoms with E-state index in [1.165, 1.54) is 19.2 Å². The first kappa shape index (κ1) is 18.1. The Labute approximate surface area is 144 Å². The van der Waals surface area contributed by atoms with Crippen molar-refractivity contribution in [3.8, 4) is 17.2 Å². The molecule has 1 aromatic carbocycles. The number of likely N-dealkylation sites (N-methyl/N-ethyl adjacent to an activating group) is 1. The van der Waals surface area contributed by atoms with Crippen molar-refractivity contribution in [2.24, 2.45) is 0 Å². The van der Waals surface area contributed by atoms with E-state index in [1.807, 2.05) is 7.05 Å². The predicted molar refractivity (Wildman–Crippen MR) is 88.4 cm³/mol. The van der Waals surface area contributed by atoms with Crippen molar-refractivity contribution in [3.63, 3.8) is 0 Å². The lowest BCUT2D eigenvalue weighted by atomic mass is 10.1. The molecular formula is C14H18ClN5O4. The number of methoxy groups -OCH3 is 1. The third-order valence-electron chi connectivity index (χ3n) is 3.87. The first-order valence-electron chi connectivity index (χ1n) is 7.17. The number of ether oxygens (including phenoxy) is 1. The van der Waals surface area contributed by atoms with Crippen LogP contribution in [-0.4, -0.2) is 53.8 Å². The molecule has 1 aliphatic heterocycles. The van der Waals surface area contributed by atoms with Gasteiger partial charge < -0.3 is 14.6 Å². The van der Waals surface area contributed by atoms with Crippen molar-refractivity contribution in [2.75, 3.05) is 33.8 Å². The molecule has 0 amide bonds. The summed E-state index contributed by atoms with van der Waals surface area (Å²) in [6.45, 7) is 2.58. The smallest absolute Gasteiger partial charge is 0.310 e. The van der Waals surface area contributed by atoms with Gasteiger partial charge in [0.05, 0.1) is 18.1 Å². The number of benzene rings is 1. The Morgan fingerprint density at radius 2 is 2.29 bits per heavy atom. The number of hydrogen-bond donors (Lipinski definition) is 1. The van der Waals surface area contributed by atoms with Crippen molar-refractivity contribution in [3.05, 3.63) is 34.1 Å². The van der Waals surface area contributed by atoms with Crippen LogP contribution in [0.15, 0.2) is 22.7 Å². The lowest BCUT2D eigenvalue weighted by molar-refractivity contribution is -0.385. The maximum Gasteiger partial charge on any atom is 0.310 e.